The maximum absolute atomic E-state index is 14.4. The van der Waals surface area contributed by atoms with Crippen molar-refractivity contribution in [3.05, 3.63) is 42.2 Å². The molecule has 194 valence electrons. The van der Waals surface area contributed by atoms with Gasteiger partial charge in [-0.25, -0.2) is 8.78 Å². The third-order valence-electron chi connectivity index (χ3n) is 5.77. The number of nitrogens with zero attached hydrogens (tertiary/aromatic N) is 7. The minimum Gasteiger partial charge on any atom is -0.481 e. The number of nitrogens with one attached hydrogen (secondary N) is 1. The van der Waals surface area contributed by atoms with E-state index in [1.807, 2.05) is 0 Å². The molecule has 1 aliphatic rings. The minimum atomic E-state index is -0.892. The van der Waals surface area contributed by atoms with Crippen molar-refractivity contribution in [2.75, 3.05) is 61.8 Å². The number of fused-ring (bicyclic) bond motifs is 1. The number of rotatable bonds is 9. The lowest BCUT2D eigenvalue weighted by molar-refractivity contribution is -0.120. The van der Waals surface area contributed by atoms with E-state index in [0.717, 1.165) is 6.07 Å². The van der Waals surface area contributed by atoms with Crippen molar-refractivity contribution in [3.8, 4) is 17.3 Å². The van der Waals surface area contributed by atoms with Gasteiger partial charge in [-0.2, -0.15) is 19.5 Å². The van der Waals surface area contributed by atoms with Crippen LogP contribution in [0.1, 0.15) is 0 Å². The second-order valence-corrected chi connectivity index (χ2v) is 8.27. The van der Waals surface area contributed by atoms with Gasteiger partial charge in [0.1, 0.15) is 5.82 Å². The zero-order valence-corrected chi connectivity index (χ0v) is 19.6. The summed E-state index contributed by atoms with van der Waals surface area (Å²) in [6, 6.07) is 5.47. The molecule has 37 heavy (non-hydrogen) atoms. The lowest BCUT2D eigenvalue weighted by Gasteiger charge is -2.36. The molecule has 0 spiro atoms. The van der Waals surface area contributed by atoms with Gasteiger partial charge in [-0.1, -0.05) is 0 Å². The second kappa shape index (κ2) is 10.2. The van der Waals surface area contributed by atoms with Crippen LogP contribution in [0.15, 0.2) is 34.9 Å². The second-order valence-electron chi connectivity index (χ2n) is 8.27. The molecule has 0 saturated carbocycles. The summed E-state index contributed by atoms with van der Waals surface area (Å²) >= 11 is 0. The van der Waals surface area contributed by atoms with Crippen LogP contribution < -0.4 is 26.4 Å². The van der Waals surface area contributed by atoms with Gasteiger partial charge in [-0.05, 0) is 12.1 Å². The predicted molar refractivity (Wildman–Crippen MR) is 129 cm³/mol. The number of amides is 1. The molecule has 0 radical (unpaired) electrons. The molecule has 1 amide bonds. The summed E-state index contributed by atoms with van der Waals surface area (Å²) < 4.78 is 40.1. The number of hydrogen-bond donors (Lipinski definition) is 3. The third kappa shape index (κ3) is 5.35. The molecule has 0 atom stereocenters. The van der Waals surface area contributed by atoms with E-state index in [1.165, 1.54) is 16.8 Å². The Kier molecular flexibility index (Phi) is 6.68. The molecule has 5 rings (SSSR count). The molecular formula is C22H24F2N10O3. The van der Waals surface area contributed by atoms with Crippen LogP contribution in [0.2, 0.25) is 0 Å². The van der Waals surface area contributed by atoms with Crippen molar-refractivity contribution in [1.82, 2.24) is 29.5 Å². The van der Waals surface area contributed by atoms with Gasteiger partial charge in [0.2, 0.25) is 17.7 Å². The van der Waals surface area contributed by atoms with Gasteiger partial charge in [0, 0.05) is 51.4 Å². The zero-order chi connectivity index (χ0) is 25.9. The van der Waals surface area contributed by atoms with E-state index in [-0.39, 0.29) is 23.2 Å². The standard InChI is InChI=1S/C22H24F2N10O3/c23-13-10-14(24)17(37-12-18(25)35)11-15(13)33-7-5-32(6-8-33)4-3-27-21-29-20(26)34-22(30-21)28-19(31-34)16-2-1-9-36-16/h1-2,9-11H,3-8,12H2,(H2,25,35)(H3,26,27,28,29,30,31). The van der Waals surface area contributed by atoms with E-state index in [1.54, 1.807) is 17.0 Å². The average Bonchev–Trinajstić information content (AvgIpc) is 3.54. The zero-order valence-electron chi connectivity index (χ0n) is 19.6. The van der Waals surface area contributed by atoms with Gasteiger partial charge in [-0.15, -0.1) is 5.10 Å². The molecule has 5 N–H and O–H groups in total. The molecule has 1 aromatic carbocycles. The van der Waals surface area contributed by atoms with Crippen LogP contribution in [0.5, 0.6) is 5.75 Å². The molecule has 0 aliphatic carbocycles. The number of hydrogen-bond acceptors (Lipinski definition) is 11. The molecule has 13 nitrogen and oxygen atoms in total. The van der Waals surface area contributed by atoms with Gasteiger partial charge in [0.05, 0.1) is 12.0 Å². The smallest absolute Gasteiger partial charge is 0.259 e. The molecule has 1 saturated heterocycles. The lowest BCUT2D eigenvalue weighted by atomic mass is 10.2. The maximum Gasteiger partial charge on any atom is 0.259 e. The molecule has 0 unspecified atom stereocenters. The highest BCUT2D eigenvalue weighted by molar-refractivity contribution is 5.75. The van der Waals surface area contributed by atoms with Crippen LogP contribution in [-0.4, -0.2) is 81.2 Å². The van der Waals surface area contributed by atoms with Crippen LogP contribution in [0.25, 0.3) is 17.4 Å². The number of nitrogen functional groups attached to an aromatic ring is 1. The molecule has 1 fully saturated rings. The Bertz CT molecular complexity index is 1400. The van der Waals surface area contributed by atoms with Crippen molar-refractivity contribution < 1.29 is 22.7 Å². The number of piperazine rings is 1. The molecule has 0 bridgehead atoms. The fraction of sp³-hybridized carbons (Fsp3) is 0.318. The Hall–Kier alpha value is -4.53. The van der Waals surface area contributed by atoms with Gasteiger partial charge < -0.3 is 30.8 Å². The topological polar surface area (TPSA) is 166 Å². The normalized spacial score (nSPS) is 14.3. The molecule has 4 heterocycles. The van der Waals surface area contributed by atoms with Gasteiger partial charge >= 0.3 is 0 Å². The van der Waals surface area contributed by atoms with Crippen molar-refractivity contribution in [3.63, 3.8) is 0 Å². The maximum atomic E-state index is 14.4. The van der Waals surface area contributed by atoms with Crippen molar-refractivity contribution in [1.29, 1.82) is 0 Å². The summed E-state index contributed by atoms with van der Waals surface area (Å²) in [5.41, 5.74) is 11.3. The SMILES string of the molecule is NC(=O)COc1cc(N2CCN(CCNc3nc(N)n4nc(-c5ccco5)nc4n3)CC2)c(F)cc1F. The number of primary amides is 1. The van der Waals surface area contributed by atoms with Crippen molar-refractivity contribution in [2.45, 2.75) is 0 Å². The number of ether oxygens (including phenoxy) is 1. The van der Waals surface area contributed by atoms with Gasteiger partial charge in [0.15, 0.2) is 23.9 Å². The number of nitrogens with two attached hydrogens (primary N) is 2. The molecule has 1 aliphatic heterocycles. The first-order chi connectivity index (χ1) is 17.9. The summed E-state index contributed by atoms with van der Waals surface area (Å²) in [7, 11) is 0. The highest BCUT2D eigenvalue weighted by Gasteiger charge is 2.22. The summed E-state index contributed by atoms with van der Waals surface area (Å²) in [6.45, 7) is 3.04. The van der Waals surface area contributed by atoms with Crippen LogP contribution >= 0.6 is 0 Å². The Morgan fingerprint density at radius 2 is 1.95 bits per heavy atom. The monoisotopic (exact) mass is 514 g/mol. The molecule has 3 aromatic heterocycles. The summed E-state index contributed by atoms with van der Waals surface area (Å²) in [5, 5.41) is 7.40. The number of anilines is 3. The van der Waals surface area contributed by atoms with E-state index in [0.29, 0.717) is 56.8 Å². The number of benzene rings is 1. The first-order valence-corrected chi connectivity index (χ1v) is 11.4. The van der Waals surface area contributed by atoms with E-state index in [2.05, 4.69) is 30.3 Å². The molecular weight excluding hydrogens is 490 g/mol. The van der Waals surface area contributed by atoms with Crippen LogP contribution in [0.3, 0.4) is 0 Å². The third-order valence-corrected chi connectivity index (χ3v) is 5.77. The van der Waals surface area contributed by atoms with Crippen LogP contribution in [0.4, 0.5) is 26.4 Å². The summed E-state index contributed by atoms with van der Waals surface area (Å²) in [5.74, 6) is -0.980. The molecule has 4 aromatic rings. The fourth-order valence-corrected chi connectivity index (χ4v) is 3.95. The highest BCUT2D eigenvalue weighted by atomic mass is 19.1. The van der Waals surface area contributed by atoms with E-state index in [9.17, 15) is 13.6 Å². The number of furan rings is 1. The number of aromatic nitrogens is 5. The van der Waals surface area contributed by atoms with Crippen molar-refractivity contribution in [2.24, 2.45) is 5.73 Å². The van der Waals surface area contributed by atoms with Crippen LogP contribution in [-0.2, 0) is 4.79 Å². The summed E-state index contributed by atoms with van der Waals surface area (Å²) in [4.78, 5) is 27.8. The number of halogens is 2. The quantitative estimate of drug-likeness (QED) is 0.288. The Morgan fingerprint density at radius 3 is 2.68 bits per heavy atom. The average molecular weight is 514 g/mol. The molecule has 15 heteroatoms. The number of carbonyl (C=O) groups excluding carboxylic acids is 1. The van der Waals surface area contributed by atoms with Crippen LogP contribution in [0, 0.1) is 11.6 Å². The largest absolute Gasteiger partial charge is 0.481 e. The number of carbonyl (C=O) groups is 1. The van der Waals surface area contributed by atoms with Gasteiger partial charge in [0.25, 0.3) is 11.7 Å². The first kappa shape index (κ1) is 24.2. The van der Waals surface area contributed by atoms with E-state index >= 15 is 0 Å². The Morgan fingerprint density at radius 1 is 1.14 bits per heavy atom. The summed E-state index contributed by atoms with van der Waals surface area (Å²) in [6.07, 6.45) is 1.53. The highest BCUT2D eigenvalue weighted by Crippen LogP contribution is 2.29. The Labute approximate surface area is 209 Å². The minimum absolute atomic E-state index is 0.131. The Balaban J connectivity index is 1.15. The first-order valence-electron chi connectivity index (χ1n) is 11.4. The predicted octanol–water partition coefficient (Wildman–Crippen LogP) is 0.738. The van der Waals surface area contributed by atoms with E-state index in [4.69, 9.17) is 20.6 Å². The van der Waals surface area contributed by atoms with Crippen molar-refractivity contribution >= 4 is 29.3 Å². The lowest BCUT2D eigenvalue weighted by Crippen LogP contribution is -2.48. The van der Waals surface area contributed by atoms with E-state index < -0.39 is 24.1 Å². The van der Waals surface area contributed by atoms with Gasteiger partial charge in [-0.3, -0.25) is 9.69 Å². The fourth-order valence-electron chi connectivity index (χ4n) is 3.95.